The molecule has 1 aliphatic rings. The summed E-state index contributed by atoms with van der Waals surface area (Å²) in [4.78, 5) is 13.8. The van der Waals surface area contributed by atoms with Gasteiger partial charge in [-0.15, -0.1) is 0 Å². The van der Waals surface area contributed by atoms with E-state index >= 15 is 0 Å². The molecular weight excluding hydrogens is 348 g/mol. The first-order chi connectivity index (χ1) is 12.6. The van der Waals surface area contributed by atoms with Crippen LogP contribution in [0.3, 0.4) is 0 Å². The van der Waals surface area contributed by atoms with Gasteiger partial charge in [-0.1, -0.05) is 41.9 Å². The van der Waals surface area contributed by atoms with Crippen molar-refractivity contribution >= 4 is 17.5 Å². The second-order valence-electron chi connectivity index (χ2n) is 6.83. The Kier molecular flexibility index (Phi) is 6.53. The predicted octanol–water partition coefficient (Wildman–Crippen LogP) is 2.56. The zero-order valence-corrected chi connectivity index (χ0v) is 15.9. The predicted molar refractivity (Wildman–Crippen MR) is 104 cm³/mol. The number of ether oxygens (including phenoxy) is 1. The zero-order valence-electron chi connectivity index (χ0n) is 15.1. The van der Waals surface area contributed by atoms with Gasteiger partial charge in [0.25, 0.3) is 5.91 Å². The molecule has 4 nitrogen and oxygen atoms in total. The van der Waals surface area contributed by atoms with Crippen LogP contribution in [0.5, 0.6) is 5.75 Å². The minimum Gasteiger partial charge on any atom is -0.484 e. The van der Waals surface area contributed by atoms with Crippen LogP contribution in [-0.4, -0.2) is 32.1 Å². The number of carbonyl (C=O) groups is 1. The van der Waals surface area contributed by atoms with E-state index in [-0.39, 0.29) is 12.5 Å². The van der Waals surface area contributed by atoms with Crippen LogP contribution in [0.4, 0.5) is 0 Å². The van der Waals surface area contributed by atoms with Crippen LogP contribution in [0, 0.1) is 6.92 Å². The smallest absolute Gasteiger partial charge is 0.258 e. The number of likely N-dealkylation sites (tertiary alicyclic amines) is 1. The van der Waals surface area contributed by atoms with E-state index in [0.717, 1.165) is 18.7 Å². The SMILES string of the molecule is Cc1cc(OCC(=O)NC[C@@H](c2ccccc2)[NH+]2CCCC2)ccc1Cl. The fourth-order valence-electron chi connectivity index (χ4n) is 3.48. The van der Waals surface area contributed by atoms with Crippen molar-refractivity contribution in [2.45, 2.75) is 25.8 Å². The molecule has 2 N–H and O–H groups in total. The minimum atomic E-state index is -0.0999. The molecule has 2 aromatic carbocycles. The maximum absolute atomic E-state index is 12.2. The first-order valence-electron chi connectivity index (χ1n) is 9.18. The molecule has 1 amide bonds. The van der Waals surface area contributed by atoms with Crippen molar-refractivity contribution in [2.24, 2.45) is 0 Å². The minimum absolute atomic E-state index is 0.0118. The van der Waals surface area contributed by atoms with Gasteiger partial charge in [-0.05, 0) is 30.7 Å². The van der Waals surface area contributed by atoms with Crippen molar-refractivity contribution < 1.29 is 14.4 Å². The summed E-state index contributed by atoms with van der Waals surface area (Å²) in [6.07, 6.45) is 2.51. The van der Waals surface area contributed by atoms with Crippen molar-refractivity contribution in [1.82, 2.24) is 5.32 Å². The molecule has 0 spiro atoms. The van der Waals surface area contributed by atoms with Gasteiger partial charge in [0.15, 0.2) is 6.61 Å². The van der Waals surface area contributed by atoms with Crippen LogP contribution in [-0.2, 0) is 4.79 Å². The number of rotatable bonds is 7. The van der Waals surface area contributed by atoms with Gasteiger partial charge in [0, 0.05) is 23.4 Å². The number of carbonyl (C=O) groups excluding carboxylic acids is 1. The topological polar surface area (TPSA) is 42.8 Å². The largest absolute Gasteiger partial charge is 0.484 e. The maximum atomic E-state index is 12.2. The molecule has 0 radical (unpaired) electrons. The summed E-state index contributed by atoms with van der Waals surface area (Å²) < 4.78 is 5.59. The Balaban J connectivity index is 1.54. The summed E-state index contributed by atoms with van der Waals surface area (Å²) in [5, 5.41) is 3.74. The Morgan fingerprint density at radius 2 is 1.92 bits per heavy atom. The molecule has 138 valence electrons. The van der Waals surface area contributed by atoms with E-state index in [4.69, 9.17) is 16.3 Å². The molecule has 26 heavy (non-hydrogen) atoms. The molecule has 0 saturated carbocycles. The molecule has 0 unspecified atom stereocenters. The molecule has 3 rings (SSSR count). The van der Waals surface area contributed by atoms with Crippen molar-refractivity contribution in [2.75, 3.05) is 26.2 Å². The Morgan fingerprint density at radius 3 is 2.62 bits per heavy atom. The average molecular weight is 374 g/mol. The van der Waals surface area contributed by atoms with Crippen molar-refractivity contribution in [3.63, 3.8) is 0 Å². The fourth-order valence-corrected chi connectivity index (χ4v) is 3.60. The number of quaternary nitrogens is 1. The van der Waals surface area contributed by atoms with E-state index in [0.29, 0.717) is 23.4 Å². The molecular formula is C21H26ClN2O2+. The number of hydrogen-bond acceptors (Lipinski definition) is 2. The molecule has 1 fully saturated rings. The van der Waals surface area contributed by atoms with E-state index in [1.807, 2.05) is 19.1 Å². The van der Waals surface area contributed by atoms with Crippen molar-refractivity contribution in [3.05, 3.63) is 64.7 Å². The highest BCUT2D eigenvalue weighted by atomic mass is 35.5. The third-order valence-corrected chi connectivity index (χ3v) is 5.37. The second kappa shape index (κ2) is 9.06. The molecule has 0 aromatic heterocycles. The average Bonchev–Trinajstić information content (AvgIpc) is 3.18. The van der Waals surface area contributed by atoms with Crippen LogP contribution >= 0.6 is 11.6 Å². The van der Waals surface area contributed by atoms with Gasteiger partial charge in [-0.2, -0.15) is 0 Å². The van der Waals surface area contributed by atoms with Crippen molar-refractivity contribution in [3.8, 4) is 5.75 Å². The molecule has 1 saturated heterocycles. The van der Waals surface area contributed by atoms with Crippen LogP contribution in [0.1, 0.15) is 30.0 Å². The normalized spacial score (nSPS) is 15.6. The number of halogens is 1. The van der Waals surface area contributed by atoms with Gasteiger partial charge in [0.2, 0.25) is 0 Å². The van der Waals surface area contributed by atoms with E-state index in [1.165, 1.54) is 18.4 Å². The number of amides is 1. The highest BCUT2D eigenvalue weighted by Gasteiger charge is 2.27. The highest BCUT2D eigenvalue weighted by molar-refractivity contribution is 6.31. The van der Waals surface area contributed by atoms with Gasteiger partial charge in [0.05, 0.1) is 19.6 Å². The van der Waals surface area contributed by atoms with Gasteiger partial charge in [-0.25, -0.2) is 0 Å². The standard InChI is InChI=1S/C21H25ClN2O2/c1-16-13-18(9-10-19(16)22)26-15-21(25)23-14-20(24-11-5-6-12-24)17-7-3-2-4-8-17/h2-4,7-10,13,20H,5-6,11-12,14-15H2,1H3,(H,23,25)/p+1/t20-/m0/s1. The summed E-state index contributed by atoms with van der Waals surface area (Å²) >= 11 is 6.01. The van der Waals surface area contributed by atoms with Crippen LogP contribution in [0.25, 0.3) is 0 Å². The first kappa shape index (κ1) is 18.7. The zero-order chi connectivity index (χ0) is 18.4. The van der Waals surface area contributed by atoms with E-state index in [1.54, 1.807) is 17.0 Å². The Bertz CT molecular complexity index is 730. The summed E-state index contributed by atoms with van der Waals surface area (Å²) in [6.45, 7) is 4.88. The summed E-state index contributed by atoms with van der Waals surface area (Å²) in [5.41, 5.74) is 2.21. The maximum Gasteiger partial charge on any atom is 0.258 e. The van der Waals surface area contributed by atoms with Crippen LogP contribution in [0.15, 0.2) is 48.5 Å². The molecule has 0 aliphatic carbocycles. The molecule has 1 atom stereocenters. The summed E-state index contributed by atoms with van der Waals surface area (Å²) in [7, 11) is 0. The Labute approximate surface area is 160 Å². The number of hydrogen-bond donors (Lipinski definition) is 2. The van der Waals surface area contributed by atoms with Crippen LogP contribution in [0.2, 0.25) is 5.02 Å². The lowest BCUT2D eigenvalue weighted by Gasteiger charge is -2.25. The quantitative estimate of drug-likeness (QED) is 0.783. The number of aryl methyl sites for hydroxylation is 1. The third kappa shape index (κ3) is 4.99. The second-order valence-corrected chi connectivity index (χ2v) is 7.24. The molecule has 5 heteroatoms. The summed E-state index contributed by atoms with van der Waals surface area (Å²) in [6, 6.07) is 16.1. The fraction of sp³-hybridized carbons (Fsp3) is 0.381. The van der Waals surface area contributed by atoms with E-state index in [2.05, 4.69) is 29.6 Å². The number of benzene rings is 2. The molecule has 1 aliphatic heterocycles. The molecule has 1 heterocycles. The Hall–Kier alpha value is -2.04. The highest BCUT2D eigenvalue weighted by Crippen LogP contribution is 2.20. The van der Waals surface area contributed by atoms with Crippen LogP contribution < -0.4 is 15.0 Å². The summed E-state index contributed by atoms with van der Waals surface area (Å²) in [5.74, 6) is 0.559. The van der Waals surface area contributed by atoms with E-state index < -0.39 is 0 Å². The molecule has 2 aromatic rings. The van der Waals surface area contributed by atoms with E-state index in [9.17, 15) is 4.79 Å². The van der Waals surface area contributed by atoms with Gasteiger partial charge in [-0.3, -0.25) is 4.79 Å². The van der Waals surface area contributed by atoms with Crippen molar-refractivity contribution in [1.29, 1.82) is 0 Å². The lowest BCUT2D eigenvalue weighted by Crippen LogP contribution is -3.11. The van der Waals surface area contributed by atoms with Gasteiger partial charge < -0.3 is 15.0 Å². The molecule has 0 bridgehead atoms. The first-order valence-corrected chi connectivity index (χ1v) is 9.56. The lowest BCUT2D eigenvalue weighted by atomic mass is 10.1. The Morgan fingerprint density at radius 1 is 1.19 bits per heavy atom. The van der Waals surface area contributed by atoms with Gasteiger partial charge >= 0.3 is 0 Å². The lowest BCUT2D eigenvalue weighted by molar-refractivity contribution is -0.918. The third-order valence-electron chi connectivity index (χ3n) is 4.94. The number of nitrogens with one attached hydrogen (secondary N) is 2. The van der Waals surface area contributed by atoms with Gasteiger partial charge in [0.1, 0.15) is 11.8 Å². The monoisotopic (exact) mass is 373 g/mol.